The predicted octanol–water partition coefficient (Wildman–Crippen LogP) is 2.82. The Morgan fingerprint density at radius 3 is 2.73 bits per heavy atom. The van der Waals surface area contributed by atoms with Crippen LogP contribution in [0.4, 0.5) is 0 Å². The van der Waals surface area contributed by atoms with Crippen molar-refractivity contribution in [3.63, 3.8) is 0 Å². The predicted molar refractivity (Wildman–Crippen MR) is 91.0 cm³/mol. The van der Waals surface area contributed by atoms with Crippen LogP contribution in [-0.4, -0.2) is 25.2 Å². The molecule has 0 spiro atoms. The van der Waals surface area contributed by atoms with Gasteiger partial charge in [-0.2, -0.15) is 0 Å². The number of amides is 1. The summed E-state index contributed by atoms with van der Waals surface area (Å²) in [6, 6.07) is 9.50. The Morgan fingerprint density at radius 2 is 2.09 bits per heavy atom. The van der Waals surface area contributed by atoms with Crippen molar-refractivity contribution in [2.45, 2.75) is 44.8 Å². The number of carbonyl (C=O) groups is 1. The van der Waals surface area contributed by atoms with Gasteiger partial charge in [0.25, 0.3) is 0 Å². The zero-order chi connectivity index (χ0) is 15.1. The lowest BCUT2D eigenvalue weighted by atomic mass is 9.94. The van der Waals surface area contributed by atoms with E-state index < -0.39 is 0 Å². The average Bonchev–Trinajstić information content (AvgIpc) is 2.55. The van der Waals surface area contributed by atoms with Crippen LogP contribution in [0.2, 0.25) is 0 Å². The fourth-order valence-corrected chi connectivity index (χ4v) is 2.68. The largest absolute Gasteiger partial charge is 0.378 e. The highest BCUT2D eigenvalue weighted by molar-refractivity contribution is 5.85. The Morgan fingerprint density at radius 1 is 1.36 bits per heavy atom. The van der Waals surface area contributed by atoms with Gasteiger partial charge in [-0.1, -0.05) is 37.3 Å². The van der Waals surface area contributed by atoms with E-state index in [1.165, 1.54) is 6.42 Å². The number of halogens is 1. The summed E-state index contributed by atoms with van der Waals surface area (Å²) in [4.78, 5) is 12.2. The highest BCUT2D eigenvalue weighted by Gasteiger charge is 2.22. The van der Waals surface area contributed by atoms with Gasteiger partial charge in [0.05, 0.1) is 12.0 Å². The fourth-order valence-electron chi connectivity index (χ4n) is 2.68. The van der Waals surface area contributed by atoms with Gasteiger partial charge < -0.3 is 15.8 Å². The molecule has 3 atom stereocenters. The Balaban J connectivity index is 0.00000242. The van der Waals surface area contributed by atoms with Gasteiger partial charge in [-0.05, 0) is 31.2 Å². The molecule has 1 saturated heterocycles. The summed E-state index contributed by atoms with van der Waals surface area (Å²) in [5, 5.41) is 2.98. The second kappa shape index (κ2) is 9.82. The van der Waals surface area contributed by atoms with Crippen molar-refractivity contribution in [3.05, 3.63) is 35.9 Å². The molecule has 0 radical (unpaired) electrons. The van der Waals surface area contributed by atoms with E-state index in [2.05, 4.69) is 5.32 Å². The molecule has 5 heteroatoms. The number of benzene rings is 1. The summed E-state index contributed by atoms with van der Waals surface area (Å²) >= 11 is 0. The summed E-state index contributed by atoms with van der Waals surface area (Å²) in [6.45, 7) is 3.40. The van der Waals surface area contributed by atoms with Crippen LogP contribution in [0.1, 0.15) is 44.2 Å². The monoisotopic (exact) mass is 326 g/mol. The molecule has 4 nitrogen and oxygen atoms in total. The van der Waals surface area contributed by atoms with Crippen molar-refractivity contribution in [1.82, 2.24) is 5.32 Å². The van der Waals surface area contributed by atoms with Crippen LogP contribution in [0.15, 0.2) is 30.3 Å². The van der Waals surface area contributed by atoms with Crippen LogP contribution < -0.4 is 11.1 Å². The Labute approximate surface area is 139 Å². The lowest BCUT2D eigenvalue weighted by Crippen LogP contribution is -2.37. The number of nitrogens with one attached hydrogen (secondary N) is 1. The molecule has 1 aliphatic rings. The summed E-state index contributed by atoms with van der Waals surface area (Å²) < 4.78 is 5.66. The van der Waals surface area contributed by atoms with Crippen LogP contribution >= 0.6 is 12.4 Å². The Hall–Kier alpha value is -1.10. The second-order valence-electron chi connectivity index (χ2n) is 5.79. The highest BCUT2D eigenvalue weighted by atomic mass is 35.5. The molecule has 1 aromatic rings. The van der Waals surface area contributed by atoms with Crippen LogP contribution in [-0.2, 0) is 9.53 Å². The van der Waals surface area contributed by atoms with E-state index in [1.54, 1.807) is 0 Å². The zero-order valence-electron chi connectivity index (χ0n) is 13.2. The van der Waals surface area contributed by atoms with Crippen molar-refractivity contribution in [1.29, 1.82) is 0 Å². The highest BCUT2D eigenvalue weighted by Crippen LogP contribution is 2.19. The zero-order valence-corrected chi connectivity index (χ0v) is 14.0. The van der Waals surface area contributed by atoms with Gasteiger partial charge in [0.2, 0.25) is 5.91 Å². The van der Waals surface area contributed by atoms with Gasteiger partial charge in [0.1, 0.15) is 0 Å². The normalized spacial score (nSPS) is 20.5. The summed E-state index contributed by atoms with van der Waals surface area (Å²) in [5.41, 5.74) is 7.16. The van der Waals surface area contributed by atoms with Crippen LogP contribution in [0.3, 0.4) is 0 Å². The quantitative estimate of drug-likeness (QED) is 0.845. The molecule has 0 aromatic heterocycles. The summed E-state index contributed by atoms with van der Waals surface area (Å²) in [7, 11) is 0. The van der Waals surface area contributed by atoms with Gasteiger partial charge in [-0.15, -0.1) is 12.4 Å². The molecule has 22 heavy (non-hydrogen) atoms. The van der Waals surface area contributed by atoms with E-state index in [0.29, 0.717) is 12.6 Å². The van der Waals surface area contributed by atoms with Gasteiger partial charge in [0, 0.05) is 19.2 Å². The molecule has 1 fully saturated rings. The third kappa shape index (κ3) is 5.59. The van der Waals surface area contributed by atoms with Crippen LogP contribution in [0.5, 0.6) is 0 Å². The first-order valence-electron chi connectivity index (χ1n) is 7.88. The number of nitrogens with two attached hydrogens (primary N) is 1. The lowest BCUT2D eigenvalue weighted by molar-refractivity contribution is -0.125. The maximum Gasteiger partial charge on any atom is 0.224 e. The minimum Gasteiger partial charge on any atom is -0.378 e. The molecule has 3 N–H and O–H groups in total. The minimum atomic E-state index is -0.267. The van der Waals surface area contributed by atoms with Crippen molar-refractivity contribution in [2.24, 2.45) is 11.7 Å². The third-order valence-electron chi connectivity index (χ3n) is 4.18. The number of rotatable bonds is 6. The fraction of sp³-hybridized carbons (Fsp3) is 0.588. The number of carbonyl (C=O) groups excluding carboxylic acids is 1. The summed E-state index contributed by atoms with van der Waals surface area (Å²) in [5.74, 6) is -0.221. The molecular weight excluding hydrogens is 300 g/mol. The first kappa shape index (κ1) is 18.9. The molecule has 0 saturated carbocycles. The van der Waals surface area contributed by atoms with Crippen molar-refractivity contribution in [3.8, 4) is 0 Å². The Bertz CT molecular complexity index is 436. The van der Waals surface area contributed by atoms with Gasteiger partial charge in [-0.25, -0.2) is 0 Å². The van der Waals surface area contributed by atoms with E-state index in [0.717, 1.165) is 31.4 Å². The summed E-state index contributed by atoms with van der Waals surface area (Å²) in [6.07, 6.45) is 4.69. The van der Waals surface area contributed by atoms with Crippen LogP contribution in [0, 0.1) is 5.92 Å². The van der Waals surface area contributed by atoms with Crippen molar-refractivity contribution < 1.29 is 9.53 Å². The number of hydrogen-bond donors (Lipinski definition) is 2. The lowest BCUT2D eigenvalue weighted by Gasteiger charge is -2.23. The van der Waals surface area contributed by atoms with Crippen LogP contribution in [0.25, 0.3) is 0 Å². The van der Waals surface area contributed by atoms with E-state index in [-0.39, 0.29) is 30.3 Å². The molecule has 0 bridgehead atoms. The molecule has 1 aromatic carbocycles. The van der Waals surface area contributed by atoms with E-state index in [1.807, 2.05) is 37.3 Å². The molecular formula is C17H27ClN2O2. The smallest absolute Gasteiger partial charge is 0.224 e. The van der Waals surface area contributed by atoms with E-state index in [4.69, 9.17) is 10.5 Å². The van der Waals surface area contributed by atoms with E-state index >= 15 is 0 Å². The van der Waals surface area contributed by atoms with Gasteiger partial charge >= 0.3 is 0 Å². The molecule has 1 amide bonds. The van der Waals surface area contributed by atoms with E-state index in [9.17, 15) is 4.79 Å². The molecule has 3 unspecified atom stereocenters. The molecule has 1 aliphatic heterocycles. The molecule has 1 heterocycles. The Kier molecular flexibility index (Phi) is 8.46. The van der Waals surface area contributed by atoms with Crippen molar-refractivity contribution in [2.75, 3.05) is 13.2 Å². The first-order chi connectivity index (χ1) is 10.2. The van der Waals surface area contributed by atoms with Gasteiger partial charge in [0.15, 0.2) is 0 Å². The number of hydrogen-bond acceptors (Lipinski definition) is 3. The molecule has 124 valence electrons. The van der Waals surface area contributed by atoms with Gasteiger partial charge in [-0.3, -0.25) is 4.79 Å². The topological polar surface area (TPSA) is 64.3 Å². The molecule has 2 rings (SSSR count). The third-order valence-corrected chi connectivity index (χ3v) is 4.18. The first-order valence-corrected chi connectivity index (χ1v) is 7.88. The van der Waals surface area contributed by atoms with Crippen molar-refractivity contribution >= 4 is 18.3 Å². The SMILES string of the molecule is CC(C(=O)NCCC1CCCCO1)C(N)c1ccccc1.Cl. The minimum absolute atomic E-state index is 0. The number of ether oxygens (including phenoxy) is 1. The second-order valence-corrected chi connectivity index (χ2v) is 5.79. The maximum absolute atomic E-state index is 12.2. The maximum atomic E-state index is 12.2. The molecule has 0 aliphatic carbocycles. The average molecular weight is 327 g/mol. The standard InChI is InChI=1S/C17H26N2O2.ClH/c1-13(16(18)14-7-3-2-4-8-14)17(20)19-11-10-15-9-5-6-12-21-15;/h2-4,7-8,13,15-16H,5-6,9-12,18H2,1H3,(H,19,20);1H.